The maximum absolute atomic E-state index is 2.59. The Labute approximate surface area is 79.8 Å². The van der Waals surface area contributed by atoms with Gasteiger partial charge in [0.2, 0.25) is 0 Å². The second kappa shape index (κ2) is 5.76. The van der Waals surface area contributed by atoms with Gasteiger partial charge in [0.15, 0.2) is 0 Å². The monoisotopic (exact) mass is 187 g/mol. The molecule has 0 atom stereocenters. The van der Waals surface area contributed by atoms with E-state index in [0.717, 1.165) is 0 Å². The first-order valence-electron chi connectivity index (χ1n) is 5.20. The summed E-state index contributed by atoms with van der Waals surface area (Å²) < 4.78 is 0. The minimum atomic E-state index is -0.351. The third kappa shape index (κ3) is 4.94. The van der Waals surface area contributed by atoms with Crippen molar-refractivity contribution in [3.05, 3.63) is 0 Å². The van der Waals surface area contributed by atoms with E-state index in [1.807, 2.05) is 0 Å². The summed E-state index contributed by atoms with van der Waals surface area (Å²) in [6.45, 7) is 15.3. The van der Waals surface area contributed by atoms with E-state index in [9.17, 15) is 0 Å². The molecule has 12 heavy (non-hydrogen) atoms. The van der Waals surface area contributed by atoms with Crippen LogP contribution in [0.5, 0.6) is 0 Å². The van der Waals surface area contributed by atoms with Crippen molar-refractivity contribution in [1.82, 2.24) is 4.90 Å². The Morgan fingerprint density at radius 3 is 1.67 bits per heavy atom. The van der Waals surface area contributed by atoms with Crippen LogP contribution in [0, 0.1) is 0 Å². The zero-order valence-electron chi connectivity index (χ0n) is 9.59. The van der Waals surface area contributed by atoms with Gasteiger partial charge in [0.05, 0.1) is 0 Å². The van der Waals surface area contributed by atoms with E-state index < -0.39 is 0 Å². The summed E-state index contributed by atoms with van der Waals surface area (Å²) in [5, 5.41) is 0. The highest BCUT2D eigenvalue weighted by molar-refractivity contribution is 6.55. The van der Waals surface area contributed by atoms with E-state index in [4.69, 9.17) is 0 Å². The number of nitrogens with zero attached hydrogens (tertiary/aromatic N) is 1. The highest BCUT2D eigenvalue weighted by atomic mass is 28.3. The highest BCUT2D eigenvalue weighted by Crippen LogP contribution is 2.07. The van der Waals surface area contributed by atoms with Gasteiger partial charge in [-0.2, -0.15) is 0 Å². The van der Waals surface area contributed by atoms with Crippen LogP contribution in [0.4, 0.5) is 0 Å². The lowest BCUT2D eigenvalue weighted by Gasteiger charge is -2.30. The summed E-state index contributed by atoms with van der Waals surface area (Å²) in [6, 6.07) is 2.87. The van der Waals surface area contributed by atoms with Crippen LogP contribution in [-0.4, -0.2) is 32.3 Å². The third-order valence-electron chi connectivity index (χ3n) is 2.29. The third-order valence-corrected chi connectivity index (χ3v) is 3.70. The van der Waals surface area contributed by atoms with Gasteiger partial charge < -0.3 is 0 Å². The van der Waals surface area contributed by atoms with E-state index in [2.05, 4.69) is 45.7 Å². The van der Waals surface area contributed by atoms with Gasteiger partial charge in [-0.05, 0) is 40.3 Å². The quantitative estimate of drug-likeness (QED) is 0.598. The van der Waals surface area contributed by atoms with E-state index in [-0.39, 0.29) is 8.80 Å². The molecule has 2 heteroatoms. The SMILES string of the molecule is CC(C)N(CC[SiH](C)C)C(C)C. The molecule has 0 aliphatic carbocycles. The zero-order valence-corrected chi connectivity index (χ0v) is 10.7. The molecule has 0 aromatic heterocycles. The predicted molar refractivity (Wildman–Crippen MR) is 60.7 cm³/mol. The van der Waals surface area contributed by atoms with Crippen molar-refractivity contribution in [1.29, 1.82) is 0 Å². The Balaban J connectivity index is 3.80. The Morgan fingerprint density at radius 1 is 1.00 bits per heavy atom. The standard InChI is InChI=1S/C10H25NSi/c1-9(2)11(10(3)4)7-8-12(5)6/h9-10,12H,7-8H2,1-6H3. The molecule has 0 unspecified atom stereocenters. The fraction of sp³-hybridized carbons (Fsp3) is 1.00. The van der Waals surface area contributed by atoms with Gasteiger partial charge in [0.1, 0.15) is 0 Å². The molecule has 74 valence electrons. The fourth-order valence-electron chi connectivity index (χ4n) is 1.52. The van der Waals surface area contributed by atoms with E-state index >= 15 is 0 Å². The molecule has 0 amide bonds. The predicted octanol–water partition coefficient (Wildman–Crippen LogP) is 2.59. The maximum atomic E-state index is 2.59. The topological polar surface area (TPSA) is 3.24 Å². The Hall–Kier alpha value is 0.177. The molecule has 0 fully saturated rings. The first-order valence-corrected chi connectivity index (χ1v) is 8.33. The molecule has 0 spiro atoms. The minimum Gasteiger partial charge on any atom is -0.299 e. The van der Waals surface area contributed by atoms with E-state index in [1.165, 1.54) is 12.6 Å². The van der Waals surface area contributed by atoms with Crippen LogP contribution in [0.2, 0.25) is 19.1 Å². The maximum Gasteiger partial charge on any atom is 0.0318 e. The van der Waals surface area contributed by atoms with Gasteiger partial charge in [0, 0.05) is 20.9 Å². The second-order valence-electron chi connectivity index (χ2n) is 4.61. The molecular weight excluding hydrogens is 162 g/mol. The summed E-state index contributed by atoms with van der Waals surface area (Å²) in [4.78, 5) is 2.59. The molecule has 0 bridgehead atoms. The van der Waals surface area contributed by atoms with Gasteiger partial charge in [-0.3, -0.25) is 4.90 Å². The lowest BCUT2D eigenvalue weighted by Crippen LogP contribution is -2.38. The molecule has 0 aromatic carbocycles. The molecule has 0 rings (SSSR count). The smallest absolute Gasteiger partial charge is 0.0318 e. The zero-order chi connectivity index (χ0) is 9.72. The molecule has 0 radical (unpaired) electrons. The minimum absolute atomic E-state index is 0.351. The Morgan fingerprint density at radius 2 is 1.42 bits per heavy atom. The number of hydrogen-bond donors (Lipinski definition) is 0. The molecule has 0 saturated carbocycles. The summed E-state index contributed by atoms with van der Waals surface area (Å²) in [5.41, 5.74) is 0. The van der Waals surface area contributed by atoms with Crippen molar-refractivity contribution >= 4 is 8.80 Å². The molecule has 0 aromatic rings. The van der Waals surface area contributed by atoms with Crippen molar-refractivity contribution in [2.75, 3.05) is 6.54 Å². The lowest BCUT2D eigenvalue weighted by molar-refractivity contribution is 0.185. The van der Waals surface area contributed by atoms with Crippen LogP contribution in [0.1, 0.15) is 27.7 Å². The van der Waals surface area contributed by atoms with Crippen LogP contribution >= 0.6 is 0 Å². The molecule has 0 aliphatic heterocycles. The van der Waals surface area contributed by atoms with Gasteiger partial charge in [-0.15, -0.1) is 0 Å². The van der Waals surface area contributed by atoms with Crippen molar-refractivity contribution in [2.24, 2.45) is 0 Å². The van der Waals surface area contributed by atoms with Gasteiger partial charge in [-0.25, -0.2) is 0 Å². The molecule has 0 N–H and O–H groups in total. The fourth-order valence-corrected chi connectivity index (χ4v) is 2.33. The molecule has 0 aliphatic rings. The first kappa shape index (κ1) is 12.2. The van der Waals surface area contributed by atoms with Crippen LogP contribution < -0.4 is 0 Å². The number of hydrogen-bond acceptors (Lipinski definition) is 1. The largest absolute Gasteiger partial charge is 0.299 e. The normalized spacial score (nSPS) is 12.5. The van der Waals surface area contributed by atoms with Crippen molar-refractivity contribution < 1.29 is 0 Å². The highest BCUT2D eigenvalue weighted by Gasteiger charge is 2.12. The lowest BCUT2D eigenvalue weighted by atomic mass is 10.2. The molecule has 1 nitrogen and oxygen atoms in total. The van der Waals surface area contributed by atoms with E-state index in [0.29, 0.717) is 12.1 Å². The van der Waals surface area contributed by atoms with Crippen molar-refractivity contribution in [3.8, 4) is 0 Å². The van der Waals surface area contributed by atoms with E-state index in [1.54, 1.807) is 0 Å². The molecular formula is C10H25NSi. The van der Waals surface area contributed by atoms with Crippen LogP contribution in [0.3, 0.4) is 0 Å². The summed E-state index contributed by atoms with van der Waals surface area (Å²) >= 11 is 0. The van der Waals surface area contributed by atoms with Gasteiger partial charge in [-0.1, -0.05) is 13.1 Å². The second-order valence-corrected chi connectivity index (χ2v) is 7.97. The Kier molecular flexibility index (Phi) is 5.84. The summed E-state index contributed by atoms with van der Waals surface area (Å²) in [5.74, 6) is 0. The van der Waals surface area contributed by atoms with Crippen LogP contribution in [-0.2, 0) is 0 Å². The van der Waals surface area contributed by atoms with Crippen LogP contribution in [0.15, 0.2) is 0 Å². The summed E-state index contributed by atoms with van der Waals surface area (Å²) in [7, 11) is -0.351. The van der Waals surface area contributed by atoms with Crippen molar-refractivity contribution in [2.45, 2.75) is 58.9 Å². The van der Waals surface area contributed by atoms with Crippen LogP contribution in [0.25, 0.3) is 0 Å². The van der Waals surface area contributed by atoms with Gasteiger partial charge in [0.25, 0.3) is 0 Å². The average Bonchev–Trinajstić information content (AvgIpc) is 1.84. The summed E-state index contributed by atoms with van der Waals surface area (Å²) in [6.07, 6.45) is 0. The molecule has 0 heterocycles. The van der Waals surface area contributed by atoms with Gasteiger partial charge >= 0.3 is 0 Å². The average molecular weight is 187 g/mol. The molecule has 0 saturated heterocycles. The first-order chi connectivity index (χ1) is 5.45. The van der Waals surface area contributed by atoms with Crippen molar-refractivity contribution in [3.63, 3.8) is 0 Å². The number of rotatable bonds is 5. The Bertz CT molecular complexity index is 102.